The lowest BCUT2D eigenvalue weighted by Crippen LogP contribution is -2.36. The molecule has 1 aliphatic carbocycles. The minimum absolute atomic E-state index is 0.0560. The number of fused-ring (bicyclic) bond motifs is 6. The van der Waals surface area contributed by atoms with Crippen LogP contribution in [0.25, 0.3) is 0 Å². The van der Waals surface area contributed by atoms with E-state index in [1.54, 1.807) is 29.2 Å². The number of hydrogen-bond acceptors (Lipinski definition) is 9. The van der Waals surface area contributed by atoms with Gasteiger partial charge in [0.25, 0.3) is 0 Å². The van der Waals surface area contributed by atoms with Crippen LogP contribution >= 0.6 is 0 Å². The first-order valence-electron chi connectivity index (χ1n) is 18.8. The smallest absolute Gasteiger partial charge is 0.414 e. The van der Waals surface area contributed by atoms with Gasteiger partial charge in [0.1, 0.15) is 18.1 Å². The fourth-order valence-corrected chi connectivity index (χ4v) is 8.03. The molecule has 0 saturated heterocycles. The summed E-state index contributed by atoms with van der Waals surface area (Å²) in [6.07, 6.45) is 1.13. The first-order valence-corrected chi connectivity index (χ1v) is 18.8. The zero-order valence-electron chi connectivity index (χ0n) is 31.8. The van der Waals surface area contributed by atoms with Crippen LogP contribution in [0.2, 0.25) is 0 Å². The van der Waals surface area contributed by atoms with Crippen molar-refractivity contribution in [2.45, 2.75) is 78.6 Å². The van der Waals surface area contributed by atoms with Crippen molar-refractivity contribution in [3.8, 4) is 11.5 Å². The van der Waals surface area contributed by atoms with Crippen molar-refractivity contribution in [3.05, 3.63) is 127 Å². The summed E-state index contributed by atoms with van der Waals surface area (Å²) in [4.78, 5) is 54.8. The van der Waals surface area contributed by atoms with Gasteiger partial charge in [-0.1, -0.05) is 48.0 Å². The van der Waals surface area contributed by atoms with E-state index in [9.17, 15) is 24.5 Å². The molecule has 4 aromatic carbocycles. The zero-order valence-corrected chi connectivity index (χ0v) is 31.8. The van der Waals surface area contributed by atoms with E-state index in [4.69, 9.17) is 18.9 Å². The fraction of sp³-hybridized carbons (Fsp3) is 0.372. The van der Waals surface area contributed by atoms with E-state index in [0.29, 0.717) is 83.9 Å². The number of carbonyl (C=O) groups excluding carboxylic acids is 3. The molecular formula is C43H45N3O9. The molecule has 1 saturated carbocycles. The zero-order chi connectivity index (χ0) is 39.0. The molecule has 2 aliphatic heterocycles. The average molecular weight is 748 g/mol. The molecule has 1 atom stereocenters. The van der Waals surface area contributed by atoms with Crippen LogP contribution in [0, 0.1) is 36.8 Å². The van der Waals surface area contributed by atoms with Crippen molar-refractivity contribution in [3.63, 3.8) is 0 Å². The Balaban J connectivity index is 1.23. The van der Waals surface area contributed by atoms with Crippen molar-refractivity contribution >= 4 is 29.5 Å². The van der Waals surface area contributed by atoms with Crippen LogP contribution in [0.4, 0.5) is 21.0 Å². The molecule has 1 unspecified atom stereocenters. The van der Waals surface area contributed by atoms with E-state index >= 15 is 0 Å². The van der Waals surface area contributed by atoms with Gasteiger partial charge in [0.05, 0.1) is 23.5 Å². The number of benzene rings is 4. The third kappa shape index (κ3) is 6.85. The third-order valence-electron chi connectivity index (χ3n) is 11.0. The fourth-order valence-electron chi connectivity index (χ4n) is 8.03. The second-order valence-corrected chi connectivity index (χ2v) is 14.6. The lowest BCUT2D eigenvalue weighted by molar-refractivity contribution is -0.527. The van der Waals surface area contributed by atoms with Gasteiger partial charge in [-0.25, -0.2) is 14.4 Å². The van der Waals surface area contributed by atoms with Gasteiger partial charge in [-0.3, -0.25) is 19.9 Å². The second-order valence-electron chi connectivity index (χ2n) is 14.6. The lowest BCUT2D eigenvalue weighted by atomic mass is 9.76. The van der Waals surface area contributed by atoms with Gasteiger partial charge >= 0.3 is 18.2 Å². The lowest BCUT2D eigenvalue weighted by Gasteiger charge is -2.38. The third-order valence-corrected chi connectivity index (χ3v) is 11.0. The molecule has 12 nitrogen and oxygen atoms in total. The molecule has 0 bridgehead atoms. The van der Waals surface area contributed by atoms with Crippen molar-refractivity contribution in [1.29, 1.82) is 0 Å². The Bertz CT molecular complexity index is 2160. The maximum atomic E-state index is 13.6. The SMILES string of the molecule is CCN(C(=O)OCc1ccc(C)cc1)c1cc2c(cc1C)C1(OC(=O)c3ccccc31)c1cc(C)c(N(CC)C(=O)OCC3CCC([N+](=O)[O-])CC3)cc1O2. The number of amides is 2. The average Bonchev–Trinajstić information content (AvgIpc) is 3.48. The highest BCUT2D eigenvalue weighted by atomic mass is 16.6. The van der Waals surface area contributed by atoms with Crippen LogP contribution in [0.3, 0.4) is 0 Å². The van der Waals surface area contributed by atoms with E-state index in [2.05, 4.69) is 0 Å². The minimum atomic E-state index is -1.37. The van der Waals surface area contributed by atoms with Crippen LogP contribution in [-0.4, -0.2) is 48.8 Å². The Morgan fingerprint density at radius 1 is 0.800 bits per heavy atom. The highest BCUT2D eigenvalue weighted by Gasteiger charge is 2.54. The Morgan fingerprint density at radius 3 is 1.93 bits per heavy atom. The summed E-state index contributed by atoms with van der Waals surface area (Å²) >= 11 is 0. The Kier molecular flexibility index (Phi) is 10.3. The molecule has 4 aromatic rings. The molecule has 2 amide bonds. The molecule has 7 rings (SSSR count). The normalized spacial score (nSPS) is 19.3. The summed E-state index contributed by atoms with van der Waals surface area (Å²) in [5.74, 6) is 0.342. The summed E-state index contributed by atoms with van der Waals surface area (Å²) in [7, 11) is 0. The van der Waals surface area contributed by atoms with Gasteiger partial charge in [-0.15, -0.1) is 0 Å². The quantitative estimate of drug-likeness (QED) is 0.0710. The molecule has 1 fully saturated rings. The number of carbonyl (C=O) groups is 3. The Morgan fingerprint density at radius 2 is 1.36 bits per heavy atom. The van der Waals surface area contributed by atoms with Crippen molar-refractivity contribution in [1.82, 2.24) is 0 Å². The van der Waals surface area contributed by atoms with Crippen LogP contribution in [0.15, 0.2) is 72.8 Å². The Hall–Kier alpha value is -5.91. The first kappa shape index (κ1) is 37.4. The second kappa shape index (κ2) is 15.1. The van der Waals surface area contributed by atoms with Gasteiger partial charge in [0.15, 0.2) is 5.60 Å². The molecular weight excluding hydrogens is 702 g/mol. The molecule has 55 heavy (non-hydrogen) atoms. The molecule has 0 N–H and O–H groups in total. The topological polar surface area (TPSA) is 138 Å². The summed E-state index contributed by atoms with van der Waals surface area (Å²) in [5.41, 5.74) is 5.53. The summed E-state index contributed by atoms with van der Waals surface area (Å²) in [6, 6.07) is 21.9. The maximum Gasteiger partial charge on any atom is 0.414 e. The van der Waals surface area contributed by atoms with Gasteiger partial charge in [0.2, 0.25) is 6.04 Å². The predicted molar refractivity (Wildman–Crippen MR) is 206 cm³/mol. The number of hydrogen-bond donors (Lipinski definition) is 0. The standard InChI is InChI=1S/C43H45N3O9/c1-6-44(41(48)52-24-29-14-12-26(3)13-15-29)36-22-38-34(20-27(36)4)43(33-11-9-8-10-32(33)40(47)55-43)35-21-28(5)37(23-39(35)54-38)45(7-2)42(49)53-25-30-16-18-31(19-17-30)46(50)51/h8-15,20-23,30-31H,6-7,16-19,24-25H2,1-5H3. The maximum absolute atomic E-state index is 13.6. The number of aryl methyl sites for hydroxylation is 3. The highest BCUT2D eigenvalue weighted by Crippen LogP contribution is 2.58. The summed E-state index contributed by atoms with van der Waals surface area (Å²) in [5, 5.41) is 11.2. The van der Waals surface area contributed by atoms with Gasteiger partial charge in [-0.2, -0.15) is 0 Å². The molecule has 2 heterocycles. The number of esters is 1. The van der Waals surface area contributed by atoms with E-state index in [1.165, 1.54) is 4.90 Å². The summed E-state index contributed by atoms with van der Waals surface area (Å²) in [6.45, 7) is 10.4. The number of nitrogens with zero attached hydrogens (tertiary/aromatic N) is 3. The van der Waals surface area contributed by atoms with Crippen LogP contribution in [0.5, 0.6) is 11.5 Å². The number of nitro groups is 1. The predicted octanol–water partition coefficient (Wildman–Crippen LogP) is 9.14. The van der Waals surface area contributed by atoms with Crippen LogP contribution < -0.4 is 14.5 Å². The number of anilines is 2. The monoisotopic (exact) mass is 747 g/mol. The van der Waals surface area contributed by atoms with Crippen molar-refractivity contribution < 1.29 is 38.3 Å². The van der Waals surface area contributed by atoms with E-state index in [1.807, 2.05) is 83.1 Å². The van der Waals surface area contributed by atoms with Crippen molar-refractivity contribution in [2.75, 3.05) is 29.5 Å². The highest BCUT2D eigenvalue weighted by molar-refractivity contribution is 5.98. The Labute approximate surface area is 320 Å². The van der Waals surface area contributed by atoms with Gasteiger partial charge in [0, 0.05) is 59.7 Å². The van der Waals surface area contributed by atoms with E-state index in [-0.39, 0.29) is 24.1 Å². The molecule has 1 spiro atoms. The van der Waals surface area contributed by atoms with Gasteiger partial charge in [-0.05, 0) is 88.3 Å². The molecule has 286 valence electrons. The molecule has 0 radical (unpaired) electrons. The molecule has 0 aromatic heterocycles. The minimum Gasteiger partial charge on any atom is -0.456 e. The largest absolute Gasteiger partial charge is 0.456 e. The van der Waals surface area contributed by atoms with Crippen LogP contribution in [-0.2, 0) is 26.4 Å². The van der Waals surface area contributed by atoms with E-state index < -0.39 is 29.8 Å². The van der Waals surface area contributed by atoms with Crippen molar-refractivity contribution in [2.24, 2.45) is 5.92 Å². The van der Waals surface area contributed by atoms with E-state index in [0.717, 1.165) is 22.3 Å². The van der Waals surface area contributed by atoms with Crippen LogP contribution in [0.1, 0.15) is 88.8 Å². The first-order chi connectivity index (χ1) is 26.4. The van der Waals surface area contributed by atoms with Gasteiger partial charge < -0.3 is 18.9 Å². The number of rotatable bonds is 9. The molecule has 3 aliphatic rings. The summed E-state index contributed by atoms with van der Waals surface area (Å²) < 4.78 is 24.6. The number of ether oxygens (including phenoxy) is 4. The molecule has 12 heteroatoms.